The highest BCUT2D eigenvalue weighted by atomic mass is 19.1. The van der Waals surface area contributed by atoms with Crippen LogP contribution < -0.4 is 5.73 Å². The number of amides is 1. The Bertz CT molecular complexity index is 610. The molecule has 1 aromatic carbocycles. The minimum Gasteiger partial charge on any atom is -0.396 e. The molecule has 0 bridgehead atoms. The standard InChI is InChI=1S/C13H15FN4O3/c1-8(2)17(5-3-4-15)13(19)9-6-11(16)10(14)7-12(9)18(20)21/h6-8H,3,5,16H2,1-2H3. The number of hydrogen-bond acceptors (Lipinski definition) is 5. The fourth-order valence-electron chi connectivity index (χ4n) is 1.82. The van der Waals surface area contributed by atoms with Crippen molar-refractivity contribution in [2.75, 3.05) is 12.3 Å². The molecule has 0 saturated carbocycles. The van der Waals surface area contributed by atoms with Crippen molar-refractivity contribution in [3.05, 3.63) is 33.6 Å². The van der Waals surface area contributed by atoms with Crippen LogP contribution in [0.3, 0.4) is 0 Å². The molecule has 112 valence electrons. The quantitative estimate of drug-likeness (QED) is 0.507. The number of nitrogens with zero attached hydrogens (tertiary/aromatic N) is 3. The third-order valence-corrected chi connectivity index (χ3v) is 2.89. The van der Waals surface area contributed by atoms with E-state index >= 15 is 0 Å². The summed E-state index contributed by atoms with van der Waals surface area (Å²) in [6.07, 6.45) is 0.0917. The van der Waals surface area contributed by atoms with Crippen molar-refractivity contribution >= 4 is 17.3 Å². The Balaban J connectivity index is 3.30. The van der Waals surface area contributed by atoms with E-state index in [9.17, 15) is 19.3 Å². The summed E-state index contributed by atoms with van der Waals surface area (Å²) in [7, 11) is 0. The van der Waals surface area contributed by atoms with Crippen molar-refractivity contribution in [3.8, 4) is 6.07 Å². The molecule has 0 spiro atoms. The molecule has 2 N–H and O–H groups in total. The van der Waals surface area contributed by atoms with E-state index in [1.54, 1.807) is 13.8 Å². The molecule has 1 aromatic rings. The summed E-state index contributed by atoms with van der Waals surface area (Å²) in [6, 6.07) is 3.22. The van der Waals surface area contributed by atoms with E-state index in [0.717, 1.165) is 6.07 Å². The Labute approximate surface area is 120 Å². The molecular weight excluding hydrogens is 279 g/mol. The number of rotatable bonds is 5. The minimum atomic E-state index is -0.952. The number of hydrogen-bond donors (Lipinski definition) is 1. The first-order valence-corrected chi connectivity index (χ1v) is 6.21. The number of nitrogen functional groups attached to an aromatic ring is 1. The zero-order valence-corrected chi connectivity index (χ0v) is 11.7. The van der Waals surface area contributed by atoms with Crippen molar-refractivity contribution in [1.29, 1.82) is 5.26 Å². The van der Waals surface area contributed by atoms with Crippen LogP contribution in [0, 0.1) is 27.3 Å². The number of nitro benzene ring substituents is 1. The van der Waals surface area contributed by atoms with Gasteiger partial charge in [-0.2, -0.15) is 5.26 Å². The lowest BCUT2D eigenvalue weighted by Crippen LogP contribution is -2.38. The molecule has 8 heteroatoms. The van der Waals surface area contributed by atoms with Gasteiger partial charge in [-0.3, -0.25) is 14.9 Å². The van der Waals surface area contributed by atoms with Gasteiger partial charge in [0.25, 0.3) is 11.6 Å². The molecule has 0 fully saturated rings. The first-order valence-electron chi connectivity index (χ1n) is 6.21. The van der Waals surface area contributed by atoms with Gasteiger partial charge >= 0.3 is 0 Å². The van der Waals surface area contributed by atoms with E-state index in [1.807, 2.05) is 6.07 Å². The number of nitriles is 1. The Morgan fingerprint density at radius 3 is 2.67 bits per heavy atom. The molecule has 21 heavy (non-hydrogen) atoms. The van der Waals surface area contributed by atoms with E-state index in [1.165, 1.54) is 4.90 Å². The predicted octanol–water partition coefficient (Wildman–Crippen LogP) is 2.08. The molecule has 0 aliphatic heterocycles. The second-order valence-corrected chi connectivity index (χ2v) is 4.65. The lowest BCUT2D eigenvalue weighted by Gasteiger charge is -2.25. The lowest BCUT2D eigenvalue weighted by atomic mass is 10.1. The molecule has 0 aromatic heterocycles. The number of benzene rings is 1. The van der Waals surface area contributed by atoms with E-state index in [0.29, 0.717) is 6.07 Å². The Kier molecular flexibility index (Phi) is 5.18. The fraction of sp³-hybridized carbons (Fsp3) is 0.385. The van der Waals surface area contributed by atoms with Crippen molar-refractivity contribution in [3.63, 3.8) is 0 Å². The van der Waals surface area contributed by atoms with Crippen LogP contribution in [0.5, 0.6) is 0 Å². The average molecular weight is 294 g/mol. The zero-order chi connectivity index (χ0) is 16.2. The van der Waals surface area contributed by atoms with Crippen LogP contribution >= 0.6 is 0 Å². The molecule has 0 aliphatic rings. The Morgan fingerprint density at radius 2 is 2.19 bits per heavy atom. The number of anilines is 1. The van der Waals surface area contributed by atoms with Crippen LogP contribution in [0.1, 0.15) is 30.6 Å². The summed E-state index contributed by atoms with van der Waals surface area (Å²) in [4.78, 5) is 23.9. The fourth-order valence-corrected chi connectivity index (χ4v) is 1.82. The van der Waals surface area contributed by atoms with Crippen LogP contribution in [0.4, 0.5) is 15.8 Å². The van der Waals surface area contributed by atoms with Gasteiger partial charge in [-0.15, -0.1) is 0 Å². The van der Waals surface area contributed by atoms with Crippen molar-refractivity contribution in [2.24, 2.45) is 0 Å². The highest BCUT2D eigenvalue weighted by molar-refractivity contribution is 5.99. The minimum absolute atomic E-state index is 0.0917. The number of nitro groups is 1. The molecule has 7 nitrogen and oxygen atoms in total. The topological polar surface area (TPSA) is 113 Å². The third-order valence-electron chi connectivity index (χ3n) is 2.89. The first kappa shape index (κ1) is 16.4. The lowest BCUT2D eigenvalue weighted by molar-refractivity contribution is -0.385. The van der Waals surface area contributed by atoms with E-state index in [2.05, 4.69) is 0 Å². The molecule has 0 unspecified atom stereocenters. The van der Waals surface area contributed by atoms with Gasteiger partial charge in [0, 0.05) is 12.6 Å². The van der Waals surface area contributed by atoms with E-state index in [4.69, 9.17) is 11.0 Å². The summed E-state index contributed by atoms with van der Waals surface area (Å²) >= 11 is 0. The van der Waals surface area contributed by atoms with E-state index in [-0.39, 0.29) is 30.3 Å². The molecule has 1 rings (SSSR count). The zero-order valence-electron chi connectivity index (χ0n) is 11.7. The van der Waals surface area contributed by atoms with Crippen molar-refractivity contribution in [1.82, 2.24) is 4.90 Å². The normalized spacial score (nSPS) is 10.2. The van der Waals surface area contributed by atoms with Gasteiger partial charge in [0.05, 0.1) is 29.2 Å². The summed E-state index contributed by atoms with van der Waals surface area (Å²) in [5.74, 6) is -1.61. The highest BCUT2D eigenvalue weighted by Crippen LogP contribution is 2.26. The Morgan fingerprint density at radius 1 is 1.57 bits per heavy atom. The van der Waals surface area contributed by atoms with Crippen LogP contribution in [0.25, 0.3) is 0 Å². The van der Waals surface area contributed by atoms with Gasteiger partial charge < -0.3 is 10.6 Å². The van der Waals surface area contributed by atoms with Crippen molar-refractivity contribution < 1.29 is 14.1 Å². The predicted molar refractivity (Wildman–Crippen MR) is 73.9 cm³/mol. The maximum atomic E-state index is 13.3. The van der Waals surface area contributed by atoms with Gasteiger partial charge in [0.15, 0.2) is 5.82 Å². The van der Waals surface area contributed by atoms with Crippen molar-refractivity contribution in [2.45, 2.75) is 26.3 Å². The van der Waals surface area contributed by atoms with Crippen LogP contribution in [-0.2, 0) is 0 Å². The van der Waals surface area contributed by atoms with Gasteiger partial charge in [-0.25, -0.2) is 4.39 Å². The molecule has 0 atom stereocenters. The molecule has 1 amide bonds. The first-order chi connectivity index (χ1) is 9.79. The maximum absolute atomic E-state index is 13.3. The second-order valence-electron chi connectivity index (χ2n) is 4.65. The number of carbonyl (C=O) groups excluding carboxylic acids is 1. The number of carbonyl (C=O) groups is 1. The summed E-state index contributed by atoms with van der Waals surface area (Å²) in [6.45, 7) is 3.56. The molecular formula is C13H15FN4O3. The summed E-state index contributed by atoms with van der Waals surface area (Å²) in [5.41, 5.74) is 4.11. The van der Waals surface area contributed by atoms with Crippen LogP contribution in [-0.4, -0.2) is 28.3 Å². The molecule has 0 heterocycles. The van der Waals surface area contributed by atoms with Gasteiger partial charge in [-0.05, 0) is 19.9 Å². The average Bonchev–Trinajstić information content (AvgIpc) is 2.40. The number of nitrogens with two attached hydrogens (primary N) is 1. The molecule has 0 saturated heterocycles. The third kappa shape index (κ3) is 3.66. The number of halogens is 1. The van der Waals surface area contributed by atoms with Gasteiger partial charge in [0.1, 0.15) is 5.56 Å². The SMILES string of the molecule is CC(C)N(CCC#N)C(=O)c1cc(N)c(F)cc1[N+](=O)[O-]. The monoisotopic (exact) mass is 294 g/mol. The summed E-state index contributed by atoms with van der Waals surface area (Å²) in [5, 5.41) is 19.6. The van der Waals surface area contributed by atoms with Crippen LogP contribution in [0.15, 0.2) is 12.1 Å². The summed E-state index contributed by atoms with van der Waals surface area (Å²) < 4.78 is 13.3. The molecule has 0 radical (unpaired) electrons. The molecule has 0 aliphatic carbocycles. The van der Waals surface area contributed by atoms with Crippen LogP contribution in [0.2, 0.25) is 0 Å². The largest absolute Gasteiger partial charge is 0.396 e. The smallest absolute Gasteiger partial charge is 0.285 e. The maximum Gasteiger partial charge on any atom is 0.285 e. The second kappa shape index (κ2) is 6.65. The highest BCUT2D eigenvalue weighted by Gasteiger charge is 2.27. The van der Waals surface area contributed by atoms with Gasteiger partial charge in [0.2, 0.25) is 0 Å². The van der Waals surface area contributed by atoms with Gasteiger partial charge in [-0.1, -0.05) is 0 Å². The van der Waals surface area contributed by atoms with E-state index < -0.39 is 22.3 Å². The Hall–Kier alpha value is -2.69.